The number of hydrogen-bond acceptors (Lipinski definition) is 3. The molecule has 0 saturated carbocycles. The van der Waals surface area contributed by atoms with Crippen LogP contribution in [0.5, 0.6) is 0 Å². The first-order valence-corrected chi connectivity index (χ1v) is 4.11. The number of aliphatic hydroxyl groups excluding tert-OH is 1. The third kappa shape index (κ3) is 2.32. The second-order valence-corrected chi connectivity index (χ2v) is 2.95. The van der Waals surface area contributed by atoms with Crippen molar-refractivity contribution in [2.45, 2.75) is 19.9 Å². The normalized spacial score (nSPS) is 12.5. The van der Waals surface area contributed by atoms with Gasteiger partial charge in [0, 0.05) is 6.04 Å². The van der Waals surface area contributed by atoms with Crippen LogP contribution in [0.2, 0.25) is 0 Å². The molecule has 0 spiro atoms. The molecule has 0 aliphatic carbocycles. The second-order valence-electron chi connectivity index (χ2n) is 2.95. The molecular weight excluding hydrogens is 170 g/mol. The van der Waals surface area contributed by atoms with E-state index in [2.05, 4.69) is 5.32 Å². The molecule has 0 bridgehead atoms. The monoisotopic (exact) mass is 183 g/mol. The van der Waals surface area contributed by atoms with E-state index in [1.807, 2.05) is 0 Å². The lowest BCUT2D eigenvalue weighted by Crippen LogP contribution is -2.35. The van der Waals surface area contributed by atoms with E-state index in [4.69, 9.17) is 9.52 Å². The van der Waals surface area contributed by atoms with E-state index < -0.39 is 0 Å². The summed E-state index contributed by atoms with van der Waals surface area (Å²) in [5.41, 5.74) is 0.514. The highest BCUT2D eigenvalue weighted by Crippen LogP contribution is 2.08. The van der Waals surface area contributed by atoms with Gasteiger partial charge in [-0.15, -0.1) is 0 Å². The Labute approximate surface area is 76.6 Å². The van der Waals surface area contributed by atoms with Crippen LogP contribution >= 0.6 is 0 Å². The molecule has 4 nitrogen and oxygen atoms in total. The molecule has 1 unspecified atom stereocenters. The van der Waals surface area contributed by atoms with Crippen molar-refractivity contribution in [3.8, 4) is 0 Å². The molecule has 4 heteroatoms. The minimum absolute atomic E-state index is 0.0668. The summed E-state index contributed by atoms with van der Waals surface area (Å²) in [6.45, 7) is 3.38. The van der Waals surface area contributed by atoms with Crippen molar-refractivity contribution in [2.75, 3.05) is 6.61 Å². The highest BCUT2D eigenvalue weighted by atomic mass is 16.3. The van der Waals surface area contributed by atoms with Gasteiger partial charge in [-0.1, -0.05) is 0 Å². The average molecular weight is 183 g/mol. The lowest BCUT2D eigenvalue weighted by molar-refractivity contribution is 0.0921. The van der Waals surface area contributed by atoms with Gasteiger partial charge in [-0.25, -0.2) is 0 Å². The molecule has 1 atom stereocenters. The summed E-state index contributed by atoms with van der Waals surface area (Å²) in [5.74, 6) is 0.371. The Morgan fingerprint density at radius 1 is 1.77 bits per heavy atom. The van der Waals surface area contributed by atoms with Crippen molar-refractivity contribution in [2.24, 2.45) is 0 Å². The summed E-state index contributed by atoms with van der Waals surface area (Å²) in [6, 6.07) is 1.37. The van der Waals surface area contributed by atoms with Crippen LogP contribution in [0.1, 0.15) is 23.0 Å². The number of carbonyl (C=O) groups excluding carboxylic acids is 1. The molecule has 0 fully saturated rings. The first kappa shape index (κ1) is 9.80. The van der Waals surface area contributed by atoms with Crippen molar-refractivity contribution in [3.63, 3.8) is 0 Å². The van der Waals surface area contributed by atoms with Crippen LogP contribution in [0.25, 0.3) is 0 Å². The number of furan rings is 1. The van der Waals surface area contributed by atoms with Crippen molar-refractivity contribution >= 4 is 5.91 Å². The summed E-state index contributed by atoms with van der Waals surface area (Å²) < 4.78 is 4.98. The van der Waals surface area contributed by atoms with Gasteiger partial charge in [0.15, 0.2) is 0 Å². The summed E-state index contributed by atoms with van der Waals surface area (Å²) in [4.78, 5) is 11.4. The van der Waals surface area contributed by atoms with Crippen LogP contribution < -0.4 is 5.32 Å². The first-order valence-electron chi connectivity index (χ1n) is 4.11. The Kier molecular flexibility index (Phi) is 3.08. The van der Waals surface area contributed by atoms with E-state index in [9.17, 15) is 4.79 Å². The molecule has 1 heterocycles. The molecule has 1 aromatic rings. The first-order chi connectivity index (χ1) is 6.15. The second kappa shape index (κ2) is 4.09. The average Bonchev–Trinajstić information content (AvgIpc) is 2.51. The third-order valence-corrected chi connectivity index (χ3v) is 1.75. The van der Waals surface area contributed by atoms with Crippen molar-refractivity contribution in [1.82, 2.24) is 5.32 Å². The molecule has 0 radical (unpaired) electrons. The van der Waals surface area contributed by atoms with Gasteiger partial charge in [0.1, 0.15) is 5.76 Å². The lowest BCUT2D eigenvalue weighted by Gasteiger charge is -2.09. The highest BCUT2D eigenvalue weighted by molar-refractivity contribution is 5.95. The van der Waals surface area contributed by atoms with Crippen LogP contribution in [0.15, 0.2) is 16.7 Å². The minimum Gasteiger partial charge on any atom is -0.469 e. The van der Waals surface area contributed by atoms with Crippen molar-refractivity contribution < 1.29 is 14.3 Å². The largest absolute Gasteiger partial charge is 0.469 e. The molecule has 0 aliphatic rings. The fourth-order valence-corrected chi connectivity index (χ4v) is 0.968. The Balaban J connectivity index is 2.64. The van der Waals surface area contributed by atoms with E-state index in [1.54, 1.807) is 19.9 Å². The topological polar surface area (TPSA) is 62.5 Å². The molecule has 0 aromatic carbocycles. The molecule has 1 amide bonds. The maximum atomic E-state index is 11.4. The number of nitrogens with one attached hydrogen (secondary N) is 1. The van der Waals surface area contributed by atoms with Gasteiger partial charge in [-0.3, -0.25) is 4.79 Å². The van der Waals surface area contributed by atoms with E-state index in [0.29, 0.717) is 11.3 Å². The smallest absolute Gasteiger partial charge is 0.255 e. The molecule has 2 N–H and O–H groups in total. The zero-order valence-corrected chi connectivity index (χ0v) is 7.70. The molecule has 13 heavy (non-hydrogen) atoms. The zero-order chi connectivity index (χ0) is 9.84. The van der Waals surface area contributed by atoms with E-state index in [-0.39, 0.29) is 18.6 Å². The summed E-state index contributed by atoms with van der Waals surface area (Å²) in [7, 11) is 0. The zero-order valence-electron chi connectivity index (χ0n) is 7.70. The molecule has 1 rings (SSSR count). The summed E-state index contributed by atoms with van der Waals surface area (Å²) >= 11 is 0. The van der Waals surface area contributed by atoms with Gasteiger partial charge < -0.3 is 14.8 Å². The van der Waals surface area contributed by atoms with Crippen LogP contribution in [0, 0.1) is 6.92 Å². The number of hydrogen-bond donors (Lipinski definition) is 2. The van der Waals surface area contributed by atoms with Gasteiger partial charge in [0.2, 0.25) is 0 Å². The Hall–Kier alpha value is -1.29. The molecular formula is C9H13NO3. The fourth-order valence-electron chi connectivity index (χ4n) is 0.968. The molecule has 0 saturated heterocycles. The van der Waals surface area contributed by atoms with Gasteiger partial charge in [-0.2, -0.15) is 0 Å². The van der Waals surface area contributed by atoms with E-state index in [0.717, 1.165) is 0 Å². The third-order valence-electron chi connectivity index (χ3n) is 1.75. The number of amides is 1. The quantitative estimate of drug-likeness (QED) is 0.725. The Morgan fingerprint density at radius 3 is 2.92 bits per heavy atom. The summed E-state index contributed by atoms with van der Waals surface area (Å²) in [6.07, 6.45) is 1.47. The molecule has 1 aromatic heterocycles. The fraction of sp³-hybridized carbons (Fsp3) is 0.444. The Morgan fingerprint density at radius 2 is 2.46 bits per heavy atom. The van der Waals surface area contributed by atoms with Crippen LogP contribution in [0.3, 0.4) is 0 Å². The maximum absolute atomic E-state index is 11.4. The lowest BCUT2D eigenvalue weighted by atomic mass is 10.2. The van der Waals surface area contributed by atoms with Gasteiger partial charge in [0.05, 0.1) is 18.4 Å². The van der Waals surface area contributed by atoms with Gasteiger partial charge in [-0.05, 0) is 19.9 Å². The van der Waals surface area contributed by atoms with E-state index in [1.165, 1.54) is 6.26 Å². The standard InChI is InChI=1S/C9H13NO3/c1-6(5-11)10-9(12)8-3-4-13-7(8)2/h3-4,6,11H,5H2,1-2H3,(H,10,12). The van der Waals surface area contributed by atoms with Crippen LogP contribution in [-0.2, 0) is 0 Å². The predicted molar refractivity (Wildman–Crippen MR) is 47.5 cm³/mol. The molecule has 72 valence electrons. The van der Waals surface area contributed by atoms with Crippen LogP contribution in [-0.4, -0.2) is 23.7 Å². The SMILES string of the molecule is Cc1occc1C(=O)NC(C)CO. The maximum Gasteiger partial charge on any atom is 0.255 e. The van der Waals surface area contributed by atoms with Crippen molar-refractivity contribution in [1.29, 1.82) is 0 Å². The number of rotatable bonds is 3. The molecule has 0 aliphatic heterocycles. The Bertz CT molecular complexity index is 293. The highest BCUT2D eigenvalue weighted by Gasteiger charge is 2.12. The van der Waals surface area contributed by atoms with Crippen molar-refractivity contribution in [3.05, 3.63) is 23.7 Å². The summed E-state index contributed by atoms with van der Waals surface area (Å²) in [5, 5.41) is 11.3. The van der Waals surface area contributed by atoms with E-state index >= 15 is 0 Å². The number of carbonyl (C=O) groups is 1. The number of aryl methyl sites for hydroxylation is 1. The minimum atomic E-state index is -0.234. The van der Waals surface area contributed by atoms with Crippen LogP contribution in [0.4, 0.5) is 0 Å². The number of aliphatic hydroxyl groups is 1. The predicted octanol–water partition coefficient (Wildman–Crippen LogP) is 0.699. The van der Waals surface area contributed by atoms with Gasteiger partial charge >= 0.3 is 0 Å². The van der Waals surface area contributed by atoms with Gasteiger partial charge in [0.25, 0.3) is 5.91 Å².